The quantitative estimate of drug-likeness (QED) is 0.686. The van der Waals surface area contributed by atoms with Crippen LogP contribution >= 0.6 is 11.5 Å². The van der Waals surface area contributed by atoms with Crippen molar-refractivity contribution in [1.82, 2.24) is 3.36 Å². The van der Waals surface area contributed by atoms with Gasteiger partial charge >= 0.3 is 15.5 Å². The van der Waals surface area contributed by atoms with E-state index in [9.17, 15) is 26.4 Å². The lowest BCUT2D eigenvalue weighted by Gasteiger charge is -2.06. The molecule has 2 aromatic carbocycles. The number of benzene rings is 2. The van der Waals surface area contributed by atoms with Crippen LogP contribution in [0.15, 0.2) is 65.5 Å². The molecule has 0 bridgehead atoms. The fourth-order valence-corrected chi connectivity index (χ4v) is 4.50. The van der Waals surface area contributed by atoms with E-state index in [0.717, 1.165) is 0 Å². The third kappa shape index (κ3) is 3.00. The van der Waals surface area contributed by atoms with Gasteiger partial charge in [0.15, 0.2) is 0 Å². The monoisotopic (exact) mass is 385 g/mol. The molecular weight excluding hydrogens is 375 g/mol. The van der Waals surface area contributed by atoms with Crippen LogP contribution in [0, 0.1) is 0 Å². The summed E-state index contributed by atoms with van der Waals surface area (Å²) in [6, 6.07) is 16.2. The van der Waals surface area contributed by atoms with Crippen LogP contribution in [0.5, 0.6) is 0 Å². The predicted octanol–water partition coefficient (Wildman–Crippen LogP) is 3.94. The van der Waals surface area contributed by atoms with Crippen molar-refractivity contribution in [3.63, 3.8) is 0 Å². The summed E-state index contributed by atoms with van der Waals surface area (Å²) in [5.41, 5.74) is -6.06. The number of alkyl halides is 3. The SMILES string of the molecule is O=c1c(-c2ccccc2)c(-c2ccccc2)sn1S(=O)(=O)C(F)(F)F. The lowest BCUT2D eigenvalue weighted by molar-refractivity contribution is -0.0444. The van der Waals surface area contributed by atoms with E-state index >= 15 is 0 Å². The molecule has 0 aliphatic rings. The molecule has 0 atom stereocenters. The maximum atomic E-state index is 12.9. The molecule has 0 aliphatic heterocycles. The lowest BCUT2D eigenvalue weighted by atomic mass is 10.0. The van der Waals surface area contributed by atoms with Crippen LogP contribution in [-0.4, -0.2) is 17.3 Å². The molecule has 9 heteroatoms. The second-order valence-corrected chi connectivity index (χ2v) is 7.98. The van der Waals surface area contributed by atoms with Gasteiger partial charge in [-0.15, -0.1) is 3.36 Å². The fourth-order valence-electron chi connectivity index (χ4n) is 2.26. The van der Waals surface area contributed by atoms with Crippen LogP contribution < -0.4 is 5.56 Å². The van der Waals surface area contributed by atoms with E-state index in [0.29, 0.717) is 11.1 Å². The average Bonchev–Trinajstić information content (AvgIpc) is 2.93. The van der Waals surface area contributed by atoms with Gasteiger partial charge in [-0.3, -0.25) is 4.79 Å². The van der Waals surface area contributed by atoms with Gasteiger partial charge in [0.2, 0.25) is 0 Å². The molecular formula is C16H10F3NO3S2. The first-order valence-electron chi connectivity index (χ1n) is 6.92. The zero-order chi connectivity index (χ0) is 18.2. The van der Waals surface area contributed by atoms with E-state index in [1.165, 1.54) is 0 Å². The third-order valence-electron chi connectivity index (χ3n) is 3.39. The largest absolute Gasteiger partial charge is 0.517 e. The van der Waals surface area contributed by atoms with E-state index in [4.69, 9.17) is 0 Å². The minimum absolute atomic E-state index is 0.0791. The van der Waals surface area contributed by atoms with E-state index < -0.39 is 21.1 Å². The molecule has 0 unspecified atom stereocenters. The van der Waals surface area contributed by atoms with Gasteiger partial charge in [0.1, 0.15) is 0 Å². The Balaban J connectivity index is 2.37. The smallest absolute Gasteiger partial charge is 0.267 e. The van der Waals surface area contributed by atoms with Gasteiger partial charge in [-0.25, -0.2) is 0 Å². The predicted molar refractivity (Wildman–Crippen MR) is 89.8 cm³/mol. The van der Waals surface area contributed by atoms with Gasteiger partial charge in [0, 0.05) is 0 Å². The van der Waals surface area contributed by atoms with Gasteiger partial charge in [-0.05, 0) is 22.7 Å². The molecule has 3 aromatic rings. The van der Waals surface area contributed by atoms with Crippen molar-refractivity contribution in [1.29, 1.82) is 0 Å². The van der Waals surface area contributed by atoms with Crippen molar-refractivity contribution in [2.45, 2.75) is 5.51 Å². The van der Waals surface area contributed by atoms with E-state index in [1.54, 1.807) is 60.7 Å². The van der Waals surface area contributed by atoms with E-state index in [1.807, 2.05) is 0 Å². The molecule has 0 amide bonds. The summed E-state index contributed by atoms with van der Waals surface area (Å²) in [7, 11) is -5.80. The summed E-state index contributed by atoms with van der Waals surface area (Å²) < 4.78 is 62.0. The molecule has 130 valence electrons. The van der Waals surface area contributed by atoms with Crippen molar-refractivity contribution in [3.05, 3.63) is 71.0 Å². The van der Waals surface area contributed by atoms with Crippen molar-refractivity contribution in [2.24, 2.45) is 0 Å². The summed E-state index contributed by atoms with van der Waals surface area (Å²) in [5, 5.41) is 0. The highest BCUT2D eigenvalue weighted by molar-refractivity contribution is 7.92. The highest BCUT2D eigenvalue weighted by atomic mass is 32.3. The van der Waals surface area contributed by atoms with Gasteiger partial charge in [-0.1, -0.05) is 60.7 Å². The molecule has 0 spiro atoms. The summed E-state index contributed by atoms with van der Waals surface area (Å²) in [6.45, 7) is 0. The molecule has 0 saturated carbocycles. The topological polar surface area (TPSA) is 56.1 Å². The number of aromatic nitrogens is 1. The van der Waals surface area contributed by atoms with Crippen LogP contribution in [0.1, 0.15) is 0 Å². The molecule has 3 rings (SSSR count). The van der Waals surface area contributed by atoms with Crippen molar-refractivity contribution in [2.75, 3.05) is 0 Å². The summed E-state index contributed by atoms with van der Waals surface area (Å²) >= 11 is 0.264. The number of hydrogen-bond donors (Lipinski definition) is 0. The van der Waals surface area contributed by atoms with Crippen molar-refractivity contribution in [3.8, 4) is 21.6 Å². The second kappa shape index (κ2) is 6.16. The summed E-state index contributed by atoms with van der Waals surface area (Å²) in [4.78, 5) is 12.7. The van der Waals surface area contributed by atoms with Crippen LogP contribution in [0.25, 0.3) is 21.6 Å². The molecule has 0 aliphatic carbocycles. The number of halogens is 3. The third-order valence-corrected chi connectivity index (χ3v) is 6.34. The molecule has 0 radical (unpaired) electrons. The second-order valence-electron chi connectivity index (χ2n) is 5.01. The zero-order valence-electron chi connectivity index (χ0n) is 12.4. The Morgan fingerprint density at radius 1 is 0.840 bits per heavy atom. The Bertz CT molecular complexity index is 1050. The average molecular weight is 385 g/mol. The Morgan fingerprint density at radius 3 is 1.80 bits per heavy atom. The first kappa shape index (κ1) is 17.4. The zero-order valence-corrected chi connectivity index (χ0v) is 14.0. The Kier molecular flexibility index (Phi) is 4.29. The maximum absolute atomic E-state index is 12.9. The molecule has 0 fully saturated rings. The first-order valence-corrected chi connectivity index (χ1v) is 9.14. The van der Waals surface area contributed by atoms with Crippen LogP contribution in [0.2, 0.25) is 0 Å². The molecule has 1 heterocycles. The molecule has 0 N–H and O–H groups in total. The standard InChI is InChI=1S/C16H10F3NO3S2/c17-16(18,19)25(22,23)20-15(21)13(11-7-3-1-4-8-11)14(24-20)12-9-5-2-6-10-12/h1-10H. The maximum Gasteiger partial charge on any atom is 0.517 e. The van der Waals surface area contributed by atoms with Crippen LogP contribution in [-0.2, 0) is 10.0 Å². The Hall–Kier alpha value is -2.39. The summed E-state index contributed by atoms with van der Waals surface area (Å²) in [6.07, 6.45) is 0. The van der Waals surface area contributed by atoms with E-state index in [-0.39, 0.29) is 25.3 Å². The summed E-state index contributed by atoms with van der Waals surface area (Å²) in [5.74, 6) is 0. The lowest BCUT2D eigenvalue weighted by Crippen LogP contribution is -2.34. The van der Waals surface area contributed by atoms with Gasteiger partial charge in [-0.2, -0.15) is 21.6 Å². The molecule has 1 aromatic heterocycles. The Morgan fingerprint density at radius 2 is 1.32 bits per heavy atom. The van der Waals surface area contributed by atoms with Gasteiger partial charge < -0.3 is 0 Å². The van der Waals surface area contributed by atoms with Gasteiger partial charge in [0.05, 0.1) is 10.4 Å². The number of hydrogen-bond acceptors (Lipinski definition) is 4. The first-order chi connectivity index (χ1) is 11.7. The van der Waals surface area contributed by atoms with Crippen molar-refractivity contribution < 1.29 is 21.6 Å². The molecule has 4 nitrogen and oxygen atoms in total. The normalized spacial score (nSPS) is 12.3. The number of rotatable bonds is 3. The van der Waals surface area contributed by atoms with Crippen LogP contribution in [0.4, 0.5) is 13.2 Å². The van der Waals surface area contributed by atoms with Crippen molar-refractivity contribution >= 4 is 21.6 Å². The van der Waals surface area contributed by atoms with Crippen LogP contribution in [0.3, 0.4) is 0 Å². The molecule has 25 heavy (non-hydrogen) atoms. The minimum Gasteiger partial charge on any atom is -0.267 e. The highest BCUT2D eigenvalue weighted by Gasteiger charge is 2.49. The van der Waals surface area contributed by atoms with E-state index in [2.05, 4.69) is 0 Å². The fraction of sp³-hybridized carbons (Fsp3) is 0.0625. The minimum atomic E-state index is -5.80. The van der Waals surface area contributed by atoms with Gasteiger partial charge in [0.25, 0.3) is 5.56 Å². The highest BCUT2D eigenvalue weighted by Crippen LogP contribution is 2.36. The Labute approximate surface area is 145 Å². The molecule has 0 saturated heterocycles. The number of nitrogens with zero attached hydrogens (tertiary/aromatic N) is 1.